The maximum Gasteiger partial charge on any atom is 0.294 e. The lowest BCUT2D eigenvalue weighted by Crippen LogP contribution is -2.30. The smallest absolute Gasteiger partial charge is 0.294 e. The van der Waals surface area contributed by atoms with Crippen molar-refractivity contribution in [1.29, 1.82) is 0 Å². The molecule has 1 atom stereocenters. The van der Waals surface area contributed by atoms with Crippen LogP contribution in [-0.4, -0.2) is 16.8 Å². The molecule has 0 spiro atoms. The van der Waals surface area contributed by atoms with Crippen molar-refractivity contribution in [3.05, 3.63) is 123 Å². The van der Waals surface area contributed by atoms with E-state index >= 15 is 0 Å². The van der Waals surface area contributed by atoms with Gasteiger partial charge in [0.2, 0.25) is 5.78 Å². The molecule has 1 N–H and O–H groups in total. The standard InChI is InChI=1S/C30H20ClNO5S/c1-17-4-2-5-22(14-17)36-21-10-8-20(9-11-21)32-27(25-6-3-13-38-25)26(29(34)30(32)35)28(33)24-16-18-15-19(31)7-12-23(18)37-24/h2-16,27,34H,1H3. The van der Waals surface area contributed by atoms with E-state index in [9.17, 15) is 14.7 Å². The molecule has 0 aliphatic carbocycles. The third-order valence-corrected chi connectivity index (χ3v) is 7.47. The van der Waals surface area contributed by atoms with Crippen LogP contribution in [-0.2, 0) is 4.79 Å². The number of aliphatic hydroxyl groups excluding tert-OH is 1. The van der Waals surface area contributed by atoms with Gasteiger partial charge in [0.15, 0.2) is 11.5 Å². The highest BCUT2D eigenvalue weighted by Crippen LogP contribution is 2.44. The van der Waals surface area contributed by atoms with Crippen LogP contribution < -0.4 is 9.64 Å². The van der Waals surface area contributed by atoms with Crippen LogP contribution in [0.5, 0.6) is 11.5 Å². The molecule has 0 radical (unpaired) electrons. The number of thiophene rings is 1. The zero-order chi connectivity index (χ0) is 26.4. The number of furan rings is 1. The minimum atomic E-state index is -0.824. The lowest BCUT2D eigenvalue weighted by atomic mass is 10.00. The maximum absolute atomic E-state index is 13.7. The summed E-state index contributed by atoms with van der Waals surface area (Å²) in [7, 11) is 0. The van der Waals surface area contributed by atoms with Crippen molar-refractivity contribution in [2.75, 3.05) is 4.90 Å². The Labute approximate surface area is 227 Å². The van der Waals surface area contributed by atoms with Crippen molar-refractivity contribution in [1.82, 2.24) is 0 Å². The zero-order valence-corrected chi connectivity index (χ0v) is 21.6. The van der Waals surface area contributed by atoms with Crippen LogP contribution in [0.25, 0.3) is 11.0 Å². The minimum absolute atomic E-state index is 0.0157. The van der Waals surface area contributed by atoms with Crippen LogP contribution in [0.2, 0.25) is 5.02 Å². The lowest BCUT2D eigenvalue weighted by Gasteiger charge is -2.25. The molecule has 0 saturated heterocycles. The predicted octanol–water partition coefficient (Wildman–Crippen LogP) is 8.03. The van der Waals surface area contributed by atoms with Crippen LogP contribution in [0.1, 0.15) is 27.0 Å². The number of rotatable bonds is 6. The van der Waals surface area contributed by atoms with E-state index in [4.69, 9.17) is 20.8 Å². The van der Waals surface area contributed by atoms with Crippen molar-refractivity contribution in [3.8, 4) is 11.5 Å². The Hall–Kier alpha value is -4.33. The number of anilines is 1. The highest BCUT2D eigenvalue weighted by molar-refractivity contribution is 7.10. The fourth-order valence-corrected chi connectivity index (χ4v) is 5.57. The Morgan fingerprint density at radius 2 is 1.82 bits per heavy atom. The summed E-state index contributed by atoms with van der Waals surface area (Å²) in [5.41, 5.74) is 2.03. The van der Waals surface area contributed by atoms with E-state index < -0.39 is 23.5 Å². The van der Waals surface area contributed by atoms with Gasteiger partial charge in [-0.1, -0.05) is 29.8 Å². The minimum Gasteiger partial charge on any atom is -0.503 e. The summed E-state index contributed by atoms with van der Waals surface area (Å²) in [6.45, 7) is 1.98. The summed E-state index contributed by atoms with van der Waals surface area (Å²) in [4.78, 5) is 29.2. The molecule has 1 amide bonds. The average molecular weight is 542 g/mol. The van der Waals surface area contributed by atoms with Gasteiger partial charge in [0.1, 0.15) is 23.1 Å². The molecule has 38 heavy (non-hydrogen) atoms. The summed E-state index contributed by atoms with van der Waals surface area (Å²) in [6.07, 6.45) is 0. The molecule has 1 unspecified atom stereocenters. The highest BCUT2D eigenvalue weighted by Gasteiger charge is 2.45. The largest absolute Gasteiger partial charge is 0.503 e. The van der Waals surface area contributed by atoms with Crippen molar-refractivity contribution in [2.45, 2.75) is 13.0 Å². The Balaban J connectivity index is 1.36. The summed E-state index contributed by atoms with van der Waals surface area (Å²) in [5.74, 6) is -0.533. The summed E-state index contributed by atoms with van der Waals surface area (Å²) in [6, 6.07) is 24.1. The SMILES string of the molecule is Cc1cccc(Oc2ccc(N3C(=O)C(O)=C(C(=O)c4cc5cc(Cl)ccc5o4)C3c3cccs3)cc2)c1. The number of Topliss-reactive ketones (excluding diaryl/α,β-unsaturated/α-hetero) is 1. The van der Waals surface area contributed by atoms with Gasteiger partial charge in [0.25, 0.3) is 5.91 Å². The van der Waals surface area contributed by atoms with E-state index in [1.54, 1.807) is 48.5 Å². The zero-order valence-electron chi connectivity index (χ0n) is 20.1. The molecule has 1 aliphatic heterocycles. The number of aryl methyl sites for hydroxylation is 1. The van der Waals surface area contributed by atoms with E-state index in [1.165, 1.54) is 16.2 Å². The maximum atomic E-state index is 13.7. The number of hydrogen-bond donors (Lipinski definition) is 1. The molecule has 2 aromatic heterocycles. The summed E-state index contributed by atoms with van der Waals surface area (Å²) < 4.78 is 11.7. The van der Waals surface area contributed by atoms with Gasteiger partial charge >= 0.3 is 0 Å². The second-order valence-corrected chi connectivity index (χ2v) is 10.3. The van der Waals surface area contributed by atoms with E-state index in [2.05, 4.69) is 0 Å². The van der Waals surface area contributed by atoms with Gasteiger partial charge in [0.05, 0.1) is 5.57 Å². The lowest BCUT2D eigenvalue weighted by molar-refractivity contribution is -0.117. The van der Waals surface area contributed by atoms with Gasteiger partial charge in [-0.05, 0) is 84.6 Å². The highest BCUT2D eigenvalue weighted by atomic mass is 35.5. The molecule has 188 valence electrons. The van der Waals surface area contributed by atoms with E-state index in [1.807, 2.05) is 48.7 Å². The third kappa shape index (κ3) is 4.26. The van der Waals surface area contributed by atoms with Crippen LogP contribution in [0.4, 0.5) is 5.69 Å². The predicted molar refractivity (Wildman–Crippen MR) is 147 cm³/mol. The summed E-state index contributed by atoms with van der Waals surface area (Å²) in [5, 5.41) is 14.0. The molecular weight excluding hydrogens is 522 g/mol. The number of hydrogen-bond acceptors (Lipinski definition) is 6. The van der Waals surface area contributed by atoms with E-state index in [0.717, 1.165) is 10.4 Å². The molecule has 3 aromatic carbocycles. The fourth-order valence-electron chi connectivity index (χ4n) is 4.57. The van der Waals surface area contributed by atoms with Gasteiger partial charge in [-0.15, -0.1) is 11.3 Å². The number of nitrogens with zero attached hydrogens (tertiary/aromatic N) is 1. The molecule has 6 rings (SSSR count). The Morgan fingerprint density at radius 1 is 1.00 bits per heavy atom. The molecule has 6 nitrogen and oxygen atoms in total. The Kier molecular flexibility index (Phi) is 6.02. The molecule has 0 bridgehead atoms. The fraction of sp³-hybridized carbons (Fsp3) is 0.0667. The number of ether oxygens (including phenoxy) is 1. The first-order chi connectivity index (χ1) is 18.4. The van der Waals surface area contributed by atoms with Crippen LogP contribution in [0.15, 0.2) is 106 Å². The van der Waals surface area contributed by atoms with Gasteiger partial charge in [0, 0.05) is 21.0 Å². The van der Waals surface area contributed by atoms with Crippen LogP contribution >= 0.6 is 22.9 Å². The molecule has 1 aliphatic rings. The molecule has 0 fully saturated rings. The van der Waals surface area contributed by atoms with Crippen molar-refractivity contribution in [3.63, 3.8) is 0 Å². The number of amides is 1. The van der Waals surface area contributed by atoms with Crippen molar-refractivity contribution < 1.29 is 23.8 Å². The van der Waals surface area contributed by atoms with E-state index in [0.29, 0.717) is 33.2 Å². The number of ketones is 1. The van der Waals surface area contributed by atoms with Crippen LogP contribution in [0, 0.1) is 6.92 Å². The molecule has 0 saturated carbocycles. The first-order valence-electron chi connectivity index (χ1n) is 11.8. The number of fused-ring (bicyclic) bond motifs is 1. The quantitative estimate of drug-likeness (QED) is 0.220. The monoisotopic (exact) mass is 541 g/mol. The van der Waals surface area contributed by atoms with Crippen molar-refractivity contribution >= 4 is 51.3 Å². The first kappa shape index (κ1) is 24.0. The number of halogens is 1. The molecular formula is C30H20ClNO5S. The second kappa shape index (κ2) is 9.52. The molecule has 3 heterocycles. The summed E-state index contributed by atoms with van der Waals surface area (Å²) >= 11 is 7.47. The molecule has 8 heteroatoms. The van der Waals surface area contributed by atoms with Gasteiger partial charge in [-0.2, -0.15) is 0 Å². The number of benzene rings is 3. The Morgan fingerprint density at radius 3 is 2.55 bits per heavy atom. The Bertz CT molecular complexity index is 1720. The average Bonchev–Trinajstić information content (AvgIpc) is 3.63. The van der Waals surface area contributed by atoms with Crippen LogP contribution in [0.3, 0.4) is 0 Å². The van der Waals surface area contributed by atoms with Gasteiger partial charge in [-0.3, -0.25) is 14.5 Å². The van der Waals surface area contributed by atoms with Gasteiger partial charge < -0.3 is 14.3 Å². The number of aliphatic hydroxyl groups is 1. The number of carbonyl (C=O) groups is 2. The van der Waals surface area contributed by atoms with Gasteiger partial charge in [-0.25, -0.2) is 0 Å². The molecule has 5 aromatic rings. The second-order valence-electron chi connectivity index (χ2n) is 8.89. The topological polar surface area (TPSA) is 80.0 Å². The van der Waals surface area contributed by atoms with Crippen molar-refractivity contribution in [2.24, 2.45) is 0 Å². The third-order valence-electron chi connectivity index (χ3n) is 6.31. The first-order valence-corrected chi connectivity index (χ1v) is 13.0. The van der Waals surface area contributed by atoms with E-state index in [-0.39, 0.29) is 11.3 Å². The number of carbonyl (C=O) groups excluding carboxylic acids is 2. The normalized spacial score (nSPS) is 15.5.